The average Bonchev–Trinajstić information content (AvgIpc) is 3.40. The van der Waals surface area contributed by atoms with E-state index in [2.05, 4.69) is 20.5 Å². The molecule has 0 bridgehead atoms. The normalized spacial score (nSPS) is 12.0. The minimum Gasteiger partial charge on any atom is -0.461 e. The van der Waals surface area contributed by atoms with Crippen LogP contribution in [0.4, 0.5) is 5.82 Å². The molecule has 0 aliphatic heterocycles. The van der Waals surface area contributed by atoms with Gasteiger partial charge in [0.2, 0.25) is 11.7 Å². The Labute approximate surface area is 186 Å². The van der Waals surface area contributed by atoms with Crippen molar-refractivity contribution < 1.29 is 9.21 Å². The third-order valence-electron chi connectivity index (χ3n) is 4.09. The van der Waals surface area contributed by atoms with Crippen LogP contribution in [-0.2, 0) is 4.79 Å². The summed E-state index contributed by atoms with van der Waals surface area (Å²) >= 11 is 13.2. The second-order valence-electron chi connectivity index (χ2n) is 6.19. The highest BCUT2D eigenvalue weighted by molar-refractivity contribution is 8.00. The summed E-state index contributed by atoms with van der Waals surface area (Å²) < 4.78 is 7.35. The molecule has 0 radical (unpaired) electrons. The fourth-order valence-corrected chi connectivity index (χ4v) is 3.95. The molecule has 0 aliphatic rings. The van der Waals surface area contributed by atoms with Gasteiger partial charge >= 0.3 is 0 Å². The van der Waals surface area contributed by atoms with Crippen molar-refractivity contribution >= 4 is 46.7 Å². The quantitative estimate of drug-likeness (QED) is 0.391. The molecule has 0 aliphatic carbocycles. The molecule has 1 atom stereocenters. The van der Waals surface area contributed by atoms with Crippen molar-refractivity contribution in [2.75, 3.05) is 5.32 Å². The molecule has 3 aromatic heterocycles. The summed E-state index contributed by atoms with van der Waals surface area (Å²) in [6, 6.07) is 14.7. The predicted octanol–water partition coefficient (Wildman–Crippen LogP) is 5.35. The lowest BCUT2D eigenvalue weighted by Crippen LogP contribution is -2.23. The predicted molar refractivity (Wildman–Crippen MR) is 117 cm³/mol. The Balaban J connectivity index is 1.60. The van der Waals surface area contributed by atoms with E-state index in [1.54, 1.807) is 19.3 Å². The summed E-state index contributed by atoms with van der Waals surface area (Å²) in [6.07, 6.45) is 2.99. The first kappa shape index (κ1) is 20.5. The zero-order valence-corrected chi connectivity index (χ0v) is 17.9. The monoisotopic (exact) mass is 459 g/mol. The molecule has 0 saturated heterocycles. The number of carbonyl (C=O) groups excluding carboxylic acids is 1. The molecule has 7 nitrogen and oxygen atoms in total. The van der Waals surface area contributed by atoms with Gasteiger partial charge in [0.15, 0.2) is 16.7 Å². The van der Waals surface area contributed by atoms with Gasteiger partial charge in [-0.05, 0) is 37.3 Å². The van der Waals surface area contributed by atoms with E-state index in [1.165, 1.54) is 24.0 Å². The number of anilines is 1. The lowest BCUT2D eigenvalue weighted by molar-refractivity contribution is -0.115. The minimum absolute atomic E-state index is 0.249. The summed E-state index contributed by atoms with van der Waals surface area (Å²) in [5.41, 5.74) is 0.853. The Morgan fingerprint density at radius 1 is 1.17 bits per heavy atom. The number of pyridine rings is 1. The van der Waals surface area contributed by atoms with Crippen molar-refractivity contribution in [3.63, 3.8) is 0 Å². The van der Waals surface area contributed by atoms with Gasteiger partial charge in [-0.25, -0.2) is 4.98 Å². The maximum Gasteiger partial charge on any atom is 0.238 e. The highest BCUT2D eigenvalue weighted by Crippen LogP contribution is 2.31. The van der Waals surface area contributed by atoms with E-state index in [9.17, 15) is 4.79 Å². The molecule has 152 valence electrons. The van der Waals surface area contributed by atoms with E-state index in [0.717, 1.165) is 5.69 Å². The molecule has 30 heavy (non-hydrogen) atoms. The van der Waals surface area contributed by atoms with Gasteiger partial charge in [-0.3, -0.25) is 9.36 Å². The SMILES string of the molecule is CC(Sc1nnc(-c2ccco2)n1-c1ccccc1)C(=O)Nc1ncc(Cl)cc1Cl. The maximum absolute atomic E-state index is 12.7. The van der Waals surface area contributed by atoms with E-state index in [1.807, 2.05) is 41.0 Å². The fourth-order valence-electron chi connectivity index (χ4n) is 2.66. The first-order valence-corrected chi connectivity index (χ1v) is 10.5. The van der Waals surface area contributed by atoms with E-state index in [4.69, 9.17) is 27.6 Å². The Kier molecular flexibility index (Phi) is 6.08. The second-order valence-corrected chi connectivity index (χ2v) is 8.34. The van der Waals surface area contributed by atoms with Gasteiger partial charge < -0.3 is 9.73 Å². The van der Waals surface area contributed by atoms with Gasteiger partial charge in [0.05, 0.1) is 21.6 Å². The Morgan fingerprint density at radius 2 is 1.97 bits per heavy atom. The smallest absolute Gasteiger partial charge is 0.238 e. The number of hydrogen-bond acceptors (Lipinski definition) is 6. The van der Waals surface area contributed by atoms with Crippen LogP contribution in [0.5, 0.6) is 0 Å². The second kappa shape index (κ2) is 8.91. The summed E-state index contributed by atoms with van der Waals surface area (Å²) in [5.74, 6) is 1.09. The van der Waals surface area contributed by atoms with E-state index < -0.39 is 5.25 Å². The maximum atomic E-state index is 12.7. The average molecular weight is 460 g/mol. The van der Waals surface area contributed by atoms with Crippen LogP contribution < -0.4 is 5.32 Å². The Morgan fingerprint density at radius 3 is 2.67 bits per heavy atom. The first-order valence-electron chi connectivity index (χ1n) is 8.86. The van der Waals surface area contributed by atoms with E-state index in [0.29, 0.717) is 21.8 Å². The van der Waals surface area contributed by atoms with Gasteiger partial charge in [-0.15, -0.1) is 10.2 Å². The number of carbonyl (C=O) groups is 1. The minimum atomic E-state index is -0.505. The van der Waals surface area contributed by atoms with Crippen molar-refractivity contribution in [3.8, 4) is 17.3 Å². The molecular weight excluding hydrogens is 445 g/mol. The topological polar surface area (TPSA) is 85.8 Å². The summed E-state index contributed by atoms with van der Waals surface area (Å²) in [5, 5.41) is 12.0. The van der Waals surface area contributed by atoms with Gasteiger partial charge in [0.1, 0.15) is 0 Å². The van der Waals surface area contributed by atoms with Gasteiger partial charge in [0, 0.05) is 11.9 Å². The molecule has 1 N–H and O–H groups in total. The standard InChI is InChI=1S/C20H15Cl2N5O2S/c1-12(19(28)24-17-15(22)10-13(21)11-23-17)30-20-26-25-18(16-8-5-9-29-16)27(20)14-6-3-2-4-7-14/h2-12H,1H3,(H,23,24,28). The van der Waals surface area contributed by atoms with Crippen LogP contribution >= 0.6 is 35.0 Å². The zero-order valence-electron chi connectivity index (χ0n) is 15.6. The van der Waals surface area contributed by atoms with Crippen molar-refractivity contribution in [2.45, 2.75) is 17.3 Å². The van der Waals surface area contributed by atoms with Crippen LogP contribution in [0.25, 0.3) is 17.3 Å². The molecule has 3 heterocycles. The molecule has 10 heteroatoms. The molecule has 4 rings (SSSR count). The van der Waals surface area contributed by atoms with Gasteiger partial charge in [-0.2, -0.15) is 0 Å². The van der Waals surface area contributed by atoms with Crippen molar-refractivity contribution in [3.05, 3.63) is 71.0 Å². The number of halogens is 2. The lowest BCUT2D eigenvalue weighted by Gasteiger charge is -2.13. The van der Waals surface area contributed by atoms with Crippen LogP contribution in [0.2, 0.25) is 10.0 Å². The molecule has 0 spiro atoms. The van der Waals surface area contributed by atoms with E-state index >= 15 is 0 Å². The molecule has 1 unspecified atom stereocenters. The Bertz CT molecular complexity index is 1170. The highest BCUT2D eigenvalue weighted by Gasteiger charge is 2.23. The van der Waals surface area contributed by atoms with Crippen LogP contribution in [0.3, 0.4) is 0 Å². The summed E-state index contributed by atoms with van der Waals surface area (Å²) in [7, 11) is 0. The van der Waals surface area contributed by atoms with Crippen molar-refractivity contribution in [1.82, 2.24) is 19.7 Å². The van der Waals surface area contributed by atoms with Crippen LogP contribution in [-0.4, -0.2) is 30.9 Å². The number of hydrogen-bond donors (Lipinski definition) is 1. The third-order valence-corrected chi connectivity index (χ3v) is 5.63. The summed E-state index contributed by atoms with van der Waals surface area (Å²) in [4.78, 5) is 16.8. The molecule has 1 aromatic carbocycles. The first-order chi connectivity index (χ1) is 14.5. The van der Waals surface area contributed by atoms with Crippen molar-refractivity contribution in [2.24, 2.45) is 0 Å². The number of para-hydroxylation sites is 1. The largest absolute Gasteiger partial charge is 0.461 e. The number of benzene rings is 1. The number of aromatic nitrogens is 4. The number of amides is 1. The highest BCUT2D eigenvalue weighted by atomic mass is 35.5. The molecular formula is C20H15Cl2N5O2S. The molecule has 1 amide bonds. The van der Waals surface area contributed by atoms with Gasteiger partial charge in [-0.1, -0.05) is 53.2 Å². The molecule has 4 aromatic rings. The third kappa shape index (κ3) is 4.35. The number of thioether (sulfide) groups is 1. The van der Waals surface area contributed by atoms with Crippen LogP contribution in [0, 0.1) is 0 Å². The fraction of sp³-hybridized carbons (Fsp3) is 0.100. The van der Waals surface area contributed by atoms with Crippen molar-refractivity contribution in [1.29, 1.82) is 0 Å². The number of nitrogens with one attached hydrogen (secondary N) is 1. The van der Waals surface area contributed by atoms with Gasteiger partial charge in [0.25, 0.3) is 0 Å². The summed E-state index contributed by atoms with van der Waals surface area (Å²) in [6.45, 7) is 1.76. The Hall–Kier alpha value is -2.81. The zero-order chi connectivity index (χ0) is 21.1. The number of furan rings is 1. The number of rotatable bonds is 6. The number of nitrogens with zero attached hydrogens (tertiary/aromatic N) is 4. The van der Waals surface area contributed by atoms with Crippen LogP contribution in [0.15, 0.2) is 70.6 Å². The van der Waals surface area contributed by atoms with E-state index in [-0.39, 0.29) is 16.7 Å². The van der Waals surface area contributed by atoms with Crippen LogP contribution in [0.1, 0.15) is 6.92 Å². The molecule has 0 saturated carbocycles. The molecule has 0 fully saturated rings. The lowest BCUT2D eigenvalue weighted by atomic mass is 10.3.